The van der Waals surface area contributed by atoms with Gasteiger partial charge in [-0.3, -0.25) is 0 Å². The second-order valence-corrected chi connectivity index (χ2v) is 5.88. The molecule has 1 aromatic rings. The zero-order valence-corrected chi connectivity index (χ0v) is 11.0. The zero-order valence-electron chi connectivity index (χ0n) is 9.45. The third kappa shape index (κ3) is 4.08. The topological polar surface area (TPSA) is 52.6 Å². The van der Waals surface area contributed by atoms with E-state index in [2.05, 4.69) is 0 Å². The molecule has 1 rings (SSSR count). The standard InChI is InChI=1S/C10H11ClF2O4S/c1-16-3-2-4-17-10-8(13)5-7(12)6-9(10)18(11,14)15/h5-6H,2-4H2,1H3. The highest BCUT2D eigenvalue weighted by atomic mass is 35.7. The number of ether oxygens (including phenoxy) is 2. The van der Waals surface area contributed by atoms with Gasteiger partial charge < -0.3 is 9.47 Å². The molecule has 1 aromatic carbocycles. The summed E-state index contributed by atoms with van der Waals surface area (Å²) in [5, 5.41) is 0. The highest BCUT2D eigenvalue weighted by Crippen LogP contribution is 2.30. The monoisotopic (exact) mass is 300 g/mol. The van der Waals surface area contributed by atoms with Crippen molar-refractivity contribution >= 4 is 19.7 Å². The van der Waals surface area contributed by atoms with E-state index in [-0.39, 0.29) is 6.61 Å². The van der Waals surface area contributed by atoms with Crippen molar-refractivity contribution in [2.45, 2.75) is 11.3 Å². The molecule has 0 bridgehead atoms. The minimum atomic E-state index is -4.29. The summed E-state index contributed by atoms with van der Waals surface area (Å²) in [6.45, 7) is 0.390. The van der Waals surface area contributed by atoms with Gasteiger partial charge in [0.25, 0.3) is 9.05 Å². The first-order valence-electron chi connectivity index (χ1n) is 4.91. The van der Waals surface area contributed by atoms with Crippen molar-refractivity contribution < 1.29 is 26.7 Å². The molecule has 0 aliphatic carbocycles. The van der Waals surface area contributed by atoms with E-state index in [1.54, 1.807) is 0 Å². The van der Waals surface area contributed by atoms with Crippen LogP contribution in [0, 0.1) is 11.6 Å². The van der Waals surface area contributed by atoms with Crippen molar-refractivity contribution in [2.75, 3.05) is 20.3 Å². The molecule has 0 N–H and O–H groups in total. The van der Waals surface area contributed by atoms with Gasteiger partial charge in [0.15, 0.2) is 11.6 Å². The molecule has 4 nitrogen and oxygen atoms in total. The molecule has 0 aromatic heterocycles. The molecule has 0 unspecified atom stereocenters. The van der Waals surface area contributed by atoms with Crippen LogP contribution in [0.1, 0.15) is 6.42 Å². The predicted octanol–water partition coefficient (Wildman–Crippen LogP) is 2.31. The Balaban J connectivity index is 3.02. The molecule has 0 heterocycles. The van der Waals surface area contributed by atoms with Crippen LogP contribution in [0.3, 0.4) is 0 Å². The SMILES string of the molecule is COCCCOc1c(F)cc(F)cc1S(=O)(=O)Cl. The van der Waals surface area contributed by atoms with Gasteiger partial charge in [-0.1, -0.05) is 0 Å². The molecule has 0 amide bonds. The second-order valence-electron chi connectivity index (χ2n) is 3.35. The predicted molar refractivity (Wildman–Crippen MR) is 61.4 cm³/mol. The molecule has 8 heteroatoms. The molecular weight excluding hydrogens is 290 g/mol. The Labute approximate surface area is 108 Å². The van der Waals surface area contributed by atoms with E-state index >= 15 is 0 Å². The molecule has 102 valence electrons. The summed E-state index contributed by atoms with van der Waals surface area (Å²) in [4.78, 5) is -0.723. The van der Waals surface area contributed by atoms with Crippen LogP contribution in [0.5, 0.6) is 5.75 Å². The normalized spacial score (nSPS) is 11.6. The van der Waals surface area contributed by atoms with Crippen molar-refractivity contribution in [3.8, 4) is 5.75 Å². The largest absolute Gasteiger partial charge is 0.489 e. The van der Waals surface area contributed by atoms with E-state index in [1.807, 2.05) is 0 Å². The highest BCUT2D eigenvalue weighted by Gasteiger charge is 2.22. The van der Waals surface area contributed by atoms with Crippen molar-refractivity contribution in [1.82, 2.24) is 0 Å². The Morgan fingerprint density at radius 1 is 1.28 bits per heavy atom. The molecule has 18 heavy (non-hydrogen) atoms. The van der Waals surface area contributed by atoms with Crippen LogP contribution in [0.2, 0.25) is 0 Å². The lowest BCUT2D eigenvalue weighted by atomic mass is 10.3. The Bertz CT molecular complexity index is 519. The van der Waals surface area contributed by atoms with Crippen LogP contribution in [0.15, 0.2) is 17.0 Å². The van der Waals surface area contributed by atoms with Crippen molar-refractivity contribution in [3.05, 3.63) is 23.8 Å². The number of methoxy groups -OCH3 is 1. The maximum Gasteiger partial charge on any atom is 0.265 e. The fourth-order valence-corrected chi connectivity index (χ4v) is 2.21. The number of hydrogen-bond acceptors (Lipinski definition) is 4. The average molecular weight is 301 g/mol. The van der Waals surface area contributed by atoms with Gasteiger partial charge in [-0.15, -0.1) is 0 Å². The second kappa shape index (κ2) is 6.31. The van der Waals surface area contributed by atoms with E-state index in [1.165, 1.54) is 7.11 Å². The van der Waals surface area contributed by atoms with E-state index in [4.69, 9.17) is 20.2 Å². The number of rotatable bonds is 6. The Morgan fingerprint density at radius 3 is 2.50 bits per heavy atom. The first kappa shape index (κ1) is 15.1. The number of hydrogen-bond donors (Lipinski definition) is 0. The lowest BCUT2D eigenvalue weighted by Crippen LogP contribution is -2.07. The Hall–Kier alpha value is -0.920. The molecule has 0 radical (unpaired) electrons. The van der Waals surface area contributed by atoms with Gasteiger partial charge in [-0.2, -0.15) is 0 Å². The summed E-state index contributed by atoms with van der Waals surface area (Å²) in [6, 6.07) is 1.13. The lowest BCUT2D eigenvalue weighted by Gasteiger charge is -2.10. The fourth-order valence-electron chi connectivity index (χ4n) is 1.24. The van der Waals surface area contributed by atoms with E-state index in [0.717, 1.165) is 0 Å². The zero-order chi connectivity index (χ0) is 13.8. The first-order valence-corrected chi connectivity index (χ1v) is 7.22. The Morgan fingerprint density at radius 2 is 1.94 bits per heavy atom. The molecule has 0 fully saturated rings. The van der Waals surface area contributed by atoms with Crippen LogP contribution in [0.4, 0.5) is 8.78 Å². The fraction of sp³-hybridized carbons (Fsp3) is 0.400. The number of benzene rings is 1. The highest BCUT2D eigenvalue weighted by molar-refractivity contribution is 8.13. The maximum atomic E-state index is 13.4. The molecule has 0 saturated carbocycles. The van der Waals surface area contributed by atoms with Gasteiger partial charge in [0, 0.05) is 36.9 Å². The summed E-state index contributed by atoms with van der Waals surface area (Å²) in [5.41, 5.74) is 0. The first-order chi connectivity index (χ1) is 8.36. The molecule has 0 spiro atoms. The maximum absolute atomic E-state index is 13.4. The number of halogens is 3. The van der Waals surface area contributed by atoms with Crippen LogP contribution >= 0.6 is 10.7 Å². The van der Waals surface area contributed by atoms with E-state index < -0.39 is 31.3 Å². The molecule has 0 aliphatic heterocycles. The van der Waals surface area contributed by atoms with Crippen LogP contribution in [-0.2, 0) is 13.8 Å². The smallest absolute Gasteiger partial charge is 0.265 e. The van der Waals surface area contributed by atoms with E-state index in [9.17, 15) is 17.2 Å². The third-order valence-corrected chi connectivity index (χ3v) is 3.30. The lowest BCUT2D eigenvalue weighted by molar-refractivity contribution is 0.169. The summed E-state index contributed by atoms with van der Waals surface area (Å²) in [6.07, 6.45) is 0.426. The molecule has 0 saturated heterocycles. The third-order valence-electron chi connectivity index (χ3n) is 1.98. The van der Waals surface area contributed by atoms with Crippen LogP contribution < -0.4 is 4.74 Å². The summed E-state index contributed by atoms with van der Waals surface area (Å²) in [7, 11) is 2.28. The quantitative estimate of drug-likeness (QED) is 0.597. The Kier molecular flexibility index (Phi) is 5.30. The van der Waals surface area contributed by atoms with Crippen molar-refractivity contribution in [1.29, 1.82) is 0 Å². The summed E-state index contributed by atoms with van der Waals surface area (Å²) in [5.74, 6) is -2.75. The van der Waals surface area contributed by atoms with Crippen LogP contribution in [-0.4, -0.2) is 28.7 Å². The van der Waals surface area contributed by atoms with Crippen LogP contribution in [0.25, 0.3) is 0 Å². The van der Waals surface area contributed by atoms with Gasteiger partial charge in [-0.05, 0) is 6.07 Å². The molecular formula is C10H11ClF2O4S. The minimum Gasteiger partial charge on any atom is -0.489 e. The summed E-state index contributed by atoms with van der Waals surface area (Å²) < 4.78 is 58.4. The van der Waals surface area contributed by atoms with E-state index in [0.29, 0.717) is 25.2 Å². The van der Waals surface area contributed by atoms with Gasteiger partial charge >= 0.3 is 0 Å². The minimum absolute atomic E-state index is 0.0236. The van der Waals surface area contributed by atoms with Gasteiger partial charge in [0.1, 0.15) is 10.7 Å². The van der Waals surface area contributed by atoms with Gasteiger partial charge in [0.2, 0.25) is 0 Å². The van der Waals surface area contributed by atoms with Gasteiger partial charge in [-0.25, -0.2) is 17.2 Å². The average Bonchev–Trinajstić information content (AvgIpc) is 2.24. The molecule has 0 aliphatic rings. The van der Waals surface area contributed by atoms with Crippen molar-refractivity contribution in [2.24, 2.45) is 0 Å². The van der Waals surface area contributed by atoms with Crippen molar-refractivity contribution in [3.63, 3.8) is 0 Å². The van der Waals surface area contributed by atoms with Gasteiger partial charge in [0.05, 0.1) is 6.61 Å². The summed E-state index contributed by atoms with van der Waals surface area (Å²) >= 11 is 0. The molecule has 0 atom stereocenters.